The molecule has 0 unspecified atom stereocenters. The minimum Gasteiger partial charge on any atom is -0.484 e. The summed E-state index contributed by atoms with van der Waals surface area (Å²) < 4.78 is 40.1. The maximum Gasteiger partial charge on any atom is 0.422 e. The molecule has 5 nitrogen and oxygen atoms in total. The number of ether oxygens (including phenoxy) is 1. The Balaban J connectivity index is 3.01. The molecule has 0 spiro atoms. The molecule has 1 rings (SSSR count). The molecule has 0 bridgehead atoms. The van der Waals surface area contributed by atoms with Crippen molar-refractivity contribution in [3.8, 4) is 5.75 Å². The number of rotatable bonds is 4. The summed E-state index contributed by atoms with van der Waals surface area (Å²) in [5, 5.41) is 10.6. The van der Waals surface area contributed by atoms with Crippen molar-refractivity contribution in [2.75, 3.05) is 6.61 Å². The number of carbonyl (C=O) groups excluding carboxylic acids is 1. The van der Waals surface area contributed by atoms with Crippen LogP contribution >= 0.6 is 0 Å². The molecule has 18 heavy (non-hydrogen) atoms. The third-order valence-corrected chi connectivity index (χ3v) is 1.95. The summed E-state index contributed by atoms with van der Waals surface area (Å²) in [7, 11) is 0. The predicted octanol–water partition coefficient (Wildman–Crippen LogP) is 2.74. The average Bonchev–Trinajstić information content (AvgIpc) is 2.24. The van der Waals surface area contributed by atoms with Gasteiger partial charge in [-0.25, -0.2) is 0 Å². The SMILES string of the molecule is CC(=O)c1cc(OCC(F)(F)F)ccc1[N+](=O)[O-]. The zero-order valence-electron chi connectivity index (χ0n) is 9.15. The minimum absolute atomic E-state index is 0.247. The number of carbonyl (C=O) groups is 1. The summed E-state index contributed by atoms with van der Waals surface area (Å²) in [6.45, 7) is -0.446. The minimum atomic E-state index is -4.52. The van der Waals surface area contributed by atoms with Gasteiger partial charge >= 0.3 is 6.18 Å². The van der Waals surface area contributed by atoms with Crippen molar-refractivity contribution >= 4 is 11.5 Å². The fraction of sp³-hybridized carbons (Fsp3) is 0.300. The van der Waals surface area contributed by atoms with E-state index in [-0.39, 0.29) is 11.3 Å². The Bertz CT molecular complexity index is 485. The van der Waals surface area contributed by atoms with Crippen molar-refractivity contribution in [2.24, 2.45) is 0 Å². The fourth-order valence-electron chi connectivity index (χ4n) is 1.21. The largest absolute Gasteiger partial charge is 0.484 e. The standard InChI is InChI=1S/C10H8F3NO4/c1-6(15)8-4-7(18-5-10(11,12)13)2-3-9(8)14(16)17/h2-4H,5H2,1H3. The second kappa shape index (κ2) is 5.03. The Hall–Kier alpha value is -2.12. The van der Waals surface area contributed by atoms with E-state index in [1.54, 1.807) is 0 Å². The summed E-state index contributed by atoms with van der Waals surface area (Å²) >= 11 is 0. The molecule has 0 radical (unpaired) electrons. The number of nitrogens with zero attached hydrogens (tertiary/aromatic N) is 1. The van der Waals surface area contributed by atoms with Gasteiger partial charge in [0.25, 0.3) is 5.69 Å². The lowest BCUT2D eigenvalue weighted by molar-refractivity contribution is -0.385. The molecule has 0 aliphatic rings. The molecule has 1 aromatic rings. The van der Waals surface area contributed by atoms with Crippen molar-refractivity contribution in [1.29, 1.82) is 0 Å². The average molecular weight is 263 g/mol. The topological polar surface area (TPSA) is 69.4 Å². The second-order valence-corrected chi connectivity index (χ2v) is 3.40. The van der Waals surface area contributed by atoms with Crippen molar-refractivity contribution in [2.45, 2.75) is 13.1 Å². The van der Waals surface area contributed by atoms with E-state index in [1.165, 1.54) is 0 Å². The van der Waals surface area contributed by atoms with E-state index >= 15 is 0 Å². The first-order valence-electron chi connectivity index (χ1n) is 4.69. The van der Waals surface area contributed by atoms with Crippen LogP contribution in [0.2, 0.25) is 0 Å². The van der Waals surface area contributed by atoms with Gasteiger partial charge in [0.2, 0.25) is 0 Å². The number of Topliss-reactive ketones (excluding diaryl/α,β-unsaturated/α-hetero) is 1. The van der Waals surface area contributed by atoms with Crippen LogP contribution in [-0.2, 0) is 0 Å². The third kappa shape index (κ3) is 3.72. The molecular weight excluding hydrogens is 255 g/mol. The van der Waals surface area contributed by atoms with Gasteiger partial charge in [-0.3, -0.25) is 14.9 Å². The van der Waals surface area contributed by atoms with Gasteiger partial charge in [-0.2, -0.15) is 13.2 Å². The maximum absolute atomic E-state index is 11.9. The summed E-state index contributed by atoms with van der Waals surface area (Å²) in [6, 6.07) is 2.87. The van der Waals surface area contributed by atoms with Gasteiger partial charge in [0.15, 0.2) is 12.4 Å². The molecule has 0 aliphatic heterocycles. The molecule has 8 heteroatoms. The molecule has 0 amide bonds. The number of hydrogen-bond donors (Lipinski definition) is 0. The molecule has 0 atom stereocenters. The number of benzene rings is 1. The number of ketones is 1. The Kier molecular flexibility index (Phi) is 3.89. The maximum atomic E-state index is 11.9. The number of alkyl halides is 3. The highest BCUT2D eigenvalue weighted by molar-refractivity contribution is 5.98. The highest BCUT2D eigenvalue weighted by atomic mass is 19.4. The molecule has 0 saturated heterocycles. The van der Waals surface area contributed by atoms with Crippen molar-refractivity contribution in [1.82, 2.24) is 0 Å². The molecule has 0 N–H and O–H groups in total. The molecule has 0 aromatic heterocycles. The Morgan fingerprint density at radius 1 is 1.44 bits per heavy atom. The van der Waals surface area contributed by atoms with E-state index < -0.39 is 29.2 Å². The van der Waals surface area contributed by atoms with E-state index in [2.05, 4.69) is 4.74 Å². The van der Waals surface area contributed by atoms with Gasteiger partial charge in [0, 0.05) is 6.07 Å². The van der Waals surface area contributed by atoms with Gasteiger partial charge < -0.3 is 4.74 Å². The van der Waals surface area contributed by atoms with Crippen molar-refractivity contribution in [3.05, 3.63) is 33.9 Å². The van der Waals surface area contributed by atoms with Gasteiger partial charge in [-0.05, 0) is 19.1 Å². The Labute approximate surface area is 99.3 Å². The van der Waals surface area contributed by atoms with Crippen molar-refractivity contribution in [3.63, 3.8) is 0 Å². The van der Waals surface area contributed by atoms with Crippen LogP contribution in [0.1, 0.15) is 17.3 Å². The number of nitro groups is 1. The zero-order valence-corrected chi connectivity index (χ0v) is 9.15. The summed E-state index contributed by atoms with van der Waals surface area (Å²) in [5.41, 5.74) is -0.762. The first-order valence-corrected chi connectivity index (χ1v) is 4.69. The number of nitro benzene ring substituents is 1. The van der Waals surface area contributed by atoms with Crippen molar-refractivity contribution < 1.29 is 27.6 Å². The van der Waals surface area contributed by atoms with Crippen LogP contribution in [0.15, 0.2) is 18.2 Å². The van der Waals surface area contributed by atoms with Crippen LogP contribution < -0.4 is 4.74 Å². The van der Waals surface area contributed by atoms with E-state index in [0.717, 1.165) is 25.1 Å². The lowest BCUT2D eigenvalue weighted by atomic mass is 10.1. The summed E-state index contributed by atoms with van der Waals surface area (Å²) in [5.74, 6) is -0.873. The smallest absolute Gasteiger partial charge is 0.422 e. The Morgan fingerprint density at radius 3 is 2.50 bits per heavy atom. The normalized spacial score (nSPS) is 11.1. The van der Waals surface area contributed by atoms with Crippen LogP contribution in [0.25, 0.3) is 0 Å². The molecule has 0 fully saturated rings. The van der Waals surface area contributed by atoms with Gasteiger partial charge in [-0.1, -0.05) is 0 Å². The van der Waals surface area contributed by atoms with Crippen LogP contribution in [0.3, 0.4) is 0 Å². The predicted molar refractivity (Wildman–Crippen MR) is 54.7 cm³/mol. The first kappa shape index (κ1) is 13.9. The highest BCUT2D eigenvalue weighted by Crippen LogP contribution is 2.26. The van der Waals surface area contributed by atoms with Crippen LogP contribution in [0.5, 0.6) is 5.75 Å². The quantitative estimate of drug-likeness (QED) is 0.475. The monoisotopic (exact) mass is 263 g/mol. The van der Waals surface area contributed by atoms with E-state index in [1.807, 2.05) is 0 Å². The lowest BCUT2D eigenvalue weighted by Crippen LogP contribution is -2.19. The fourth-order valence-corrected chi connectivity index (χ4v) is 1.21. The Morgan fingerprint density at radius 2 is 2.06 bits per heavy atom. The van der Waals surface area contributed by atoms with E-state index in [9.17, 15) is 28.1 Å². The molecule has 0 saturated carbocycles. The van der Waals surface area contributed by atoms with Crippen LogP contribution in [0.4, 0.5) is 18.9 Å². The van der Waals surface area contributed by atoms with E-state index in [4.69, 9.17) is 0 Å². The third-order valence-electron chi connectivity index (χ3n) is 1.95. The van der Waals surface area contributed by atoms with Gasteiger partial charge in [0.05, 0.1) is 10.5 Å². The first-order chi connectivity index (χ1) is 8.20. The highest BCUT2D eigenvalue weighted by Gasteiger charge is 2.29. The zero-order chi connectivity index (χ0) is 13.9. The van der Waals surface area contributed by atoms with Crippen LogP contribution in [0, 0.1) is 10.1 Å². The molecular formula is C10H8F3NO4. The summed E-state index contributed by atoms with van der Waals surface area (Å²) in [6.07, 6.45) is -4.52. The molecule has 98 valence electrons. The molecule has 1 aromatic carbocycles. The van der Waals surface area contributed by atoms with E-state index in [0.29, 0.717) is 0 Å². The molecule has 0 heterocycles. The second-order valence-electron chi connectivity index (χ2n) is 3.40. The number of halogens is 3. The molecule has 0 aliphatic carbocycles. The van der Waals surface area contributed by atoms with Crippen LogP contribution in [-0.4, -0.2) is 23.5 Å². The van der Waals surface area contributed by atoms with Gasteiger partial charge in [0.1, 0.15) is 5.75 Å². The lowest BCUT2D eigenvalue weighted by Gasteiger charge is -2.09. The van der Waals surface area contributed by atoms with Gasteiger partial charge in [-0.15, -0.1) is 0 Å². The number of hydrogen-bond acceptors (Lipinski definition) is 4. The summed E-state index contributed by atoms with van der Waals surface area (Å²) in [4.78, 5) is 20.9.